The highest BCUT2D eigenvalue weighted by atomic mass is 35.5. The average Bonchev–Trinajstić information content (AvgIpc) is 2.46. The van der Waals surface area contributed by atoms with Gasteiger partial charge >= 0.3 is 5.97 Å². The number of pyridine rings is 1. The molecule has 2 rings (SSSR count). The van der Waals surface area contributed by atoms with Gasteiger partial charge in [0.25, 0.3) is 0 Å². The molecule has 0 aliphatic rings. The Kier molecular flexibility index (Phi) is 4.90. The number of hydrogen-bond acceptors (Lipinski definition) is 4. The zero-order valence-electron chi connectivity index (χ0n) is 13.6. The molecule has 1 amide bonds. The number of para-hydroxylation sites is 1. The lowest BCUT2D eigenvalue weighted by molar-refractivity contribution is -0.123. The standard InChI is InChI=1S/C17H19ClN2O3/c1-5-23-15(21)14-12(19-16(22)17(2,3)4)9-10-7-6-8-11(18)13(10)20-14/h6-9H,5H2,1-4H3,(H,19,22). The number of amides is 1. The number of aromatic nitrogens is 1. The Morgan fingerprint density at radius 2 is 2.00 bits per heavy atom. The highest BCUT2D eigenvalue weighted by Crippen LogP contribution is 2.28. The van der Waals surface area contributed by atoms with Crippen molar-refractivity contribution < 1.29 is 14.3 Å². The summed E-state index contributed by atoms with van der Waals surface area (Å²) in [6.07, 6.45) is 0. The van der Waals surface area contributed by atoms with E-state index in [1.54, 1.807) is 45.9 Å². The number of ether oxygens (including phenoxy) is 1. The summed E-state index contributed by atoms with van der Waals surface area (Å²) in [5.41, 5.74) is 0.254. The molecule has 1 aromatic carbocycles. The minimum atomic E-state index is -0.602. The molecule has 23 heavy (non-hydrogen) atoms. The van der Waals surface area contributed by atoms with Crippen molar-refractivity contribution in [1.82, 2.24) is 4.98 Å². The monoisotopic (exact) mass is 334 g/mol. The van der Waals surface area contributed by atoms with Gasteiger partial charge in [0.1, 0.15) is 0 Å². The Morgan fingerprint density at radius 3 is 2.61 bits per heavy atom. The predicted octanol–water partition coefficient (Wildman–Crippen LogP) is 4.05. The maximum absolute atomic E-state index is 12.3. The summed E-state index contributed by atoms with van der Waals surface area (Å²) in [6, 6.07) is 6.98. The highest BCUT2D eigenvalue weighted by molar-refractivity contribution is 6.35. The Bertz CT molecular complexity index is 766. The topological polar surface area (TPSA) is 68.3 Å². The second-order valence-electron chi connectivity index (χ2n) is 6.12. The van der Waals surface area contributed by atoms with Gasteiger partial charge in [0.05, 0.1) is 22.8 Å². The third-order valence-corrected chi connectivity index (χ3v) is 3.50. The summed E-state index contributed by atoms with van der Waals surface area (Å²) in [4.78, 5) is 28.7. The molecule has 6 heteroatoms. The van der Waals surface area contributed by atoms with Gasteiger partial charge in [-0.1, -0.05) is 44.5 Å². The van der Waals surface area contributed by atoms with Crippen molar-refractivity contribution in [3.8, 4) is 0 Å². The van der Waals surface area contributed by atoms with E-state index in [0.29, 0.717) is 16.2 Å². The molecule has 1 heterocycles. The van der Waals surface area contributed by atoms with E-state index in [1.807, 2.05) is 6.07 Å². The van der Waals surface area contributed by atoms with E-state index in [4.69, 9.17) is 16.3 Å². The van der Waals surface area contributed by atoms with Gasteiger partial charge in [0.15, 0.2) is 5.69 Å². The van der Waals surface area contributed by atoms with Crippen molar-refractivity contribution >= 4 is 40.1 Å². The molecule has 0 aliphatic carbocycles. The van der Waals surface area contributed by atoms with E-state index in [1.165, 1.54) is 0 Å². The first-order chi connectivity index (χ1) is 10.7. The third kappa shape index (κ3) is 3.79. The first-order valence-electron chi connectivity index (χ1n) is 7.32. The molecule has 0 spiro atoms. The van der Waals surface area contributed by atoms with Crippen molar-refractivity contribution in [2.24, 2.45) is 5.41 Å². The lowest BCUT2D eigenvalue weighted by Crippen LogP contribution is -2.28. The van der Waals surface area contributed by atoms with Gasteiger partial charge in [0, 0.05) is 10.8 Å². The Hall–Kier alpha value is -2.14. The van der Waals surface area contributed by atoms with Crippen LogP contribution >= 0.6 is 11.6 Å². The zero-order valence-corrected chi connectivity index (χ0v) is 14.3. The average molecular weight is 335 g/mol. The van der Waals surface area contributed by atoms with Gasteiger partial charge in [-0.25, -0.2) is 9.78 Å². The summed E-state index contributed by atoms with van der Waals surface area (Å²) in [5.74, 6) is -0.815. The van der Waals surface area contributed by atoms with Crippen LogP contribution in [0.5, 0.6) is 0 Å². The minimum absolute atomic E-state index is 0.0463. The van der Waals surface area contributed by atoms with Crippen molar-refractivity contribution in [3.05, 3.63) is 35.0 Å². The number of carbonyl (C=O) groups is 2. The van der Waals surface area contributed by atoms with Crippen LogP contribution < -0.4 is 5.32 Å². The van der Waals surface area contributed by atoms with Crippen molar-refractivity contribution in [3.63, 3.8) is 0 Å². The van der Waals surface area contributed by atoms with E-state index in [0.717, 1.165) is 5.39 Å². The van der Waals surface area contributed by atoms with Crippen LogP contribution in [0.3, 0.4) is 0 Å². The SMILES string of the molecule is CCOC(=O)c1nc2c(Cl)cccc2cc1NC(=O)C(C)(C)C. The largest absolute Gasteiger partial charge is 0.461 e. The summed E-state index contributed by atoms with van der Waals surface area (Å²) in [6.45, 7) is 7.29. The number of nitrogens with zero attached hydrogens (tertiary/aromatic N) is 1. The van der Waals surface area contributed by atoms with Crippen LogP contribution in [0.2, 0.25) is 5.02 Å². The van der Waals surface area contributed by atoms with Gasteiger partial charge in [-0.05, 0) is 19.1 Å². The van der Waals surface area contributed by atoms with Crippen LogP contribution in [0.4, 0.5) is 5.69 Å². The molecule has 0 bridgehead atoms. The molecule has 2 aromatic rings. The fraction of sp³-hybridized carbons (Fsp3) is 0.353. The third-order valence-electron chi connectivity index (χ3n) is 3.19. The summed E-state index contributed by atoms with van der Waals surface area (Å²) < 4.78 is 5.03. The number of carbonyl (C=O) groups excluding carboxylic acids is 2. The Labute approximate surface area is 140 Å². The van der Waals surface area contributed by atoms with Crippen LogP contribution in [-0.4, -0.2) is 23.5 Å². The summed E-state index contributed by atoms with van der Waals surface area (Å²) >= 11 is 6.14. The fourth-order valence-corrected chi connectivity index (χ4v) is 2.15. The minimum Gasteiger partial charge on any atom is -0.461 e. The number of anilines is 1. The molecule has 1 N–H and O–H groups in total. The molecule has 122 valence electrons. The van der Waals surface area contributed by atoms with Gasteiger partial charge in [-0.3, -0.25) is 4.79 Å². The molecule has 0 saturated heterocycles. The lowest BCUT2D eigenvalue weighted by atomic mass is 9.95. The fourth-order valence-electron chi connectivity index (χ4n) is 1.92. The quantitative estimate of drug-likeness (QED) is 0.860. The molecule has 5 nitrogen and oxygen atoms in total. The number of fused-ring (bicyclic) bond motifs is 1. The van der Waals surface area contributed by atoms with E-state index < -0.39 is 11.4 Å². The number of halogens is 1. The van der Waals surface area contributed by atoms with Crippen LogP contribution in [-0.2, 0) is 9.53 Å². The first kappa shape index (κ1) is 17.2. The second kappa shape index (κ2) is 6.54. The molecular formula is C17H19ClN2O3. The lowest BCUT2D eigenvalue weighted by Gasteiger charge is -2.19. The summed E-state index contributed by atoms with van der Waals surface area (Å²) in [5, 5.41) is 3.92. The van der Waals surface area contributed by atoms with E-state index >= 15 is 0 Å². The summed E-state index contributed by atoms with van der Waals surface area (Å²) in [7, 11) is 0. The molecular weight excluding hydrogens is 316 g/mol. The van der Waals surface area contributed by atoms with Crippen LogP contribution in [0.15, 0.2) is 24.3 Å². The molecule has 0 saturated carbocycles. The number of benzene rings is 1. The molecule has 0 aliphatic heterocycles. The first-order valence-corrected chi connectivity index (χ1v) is 7.69. The van der Waals surface area contributed by atoms with E-state index in [2.05, 4.69) is 10.3 Å². The van der Waals surface area contributed by atoms with Crippen molar-refractivity contribution in [1.29, 1.82) is 0 Å². The second-order valence-corrected chi connectivity index (χ2v) is 6.53. The van der Waals surface area contributed by atoms with Crippen LogP contribution in [0, 0.1) is 5.41 Å². The smallest absolute Gasteiger partial charge is 0.359 e. The highest BCUT2D eigenvalue weighted by Gasteiger charge is 2.25. The number of rotatable bonds is 3. The van der Waals surface area contributed by atoms with Crippen LogP contribution in [0.1, 0.15) is 38.2 Å². The predicted molar refractivity (Wildman–Crippen MR) is 90.8 cm³/mol. The normalized spacial score (nSPS) is 11.3. The van der Waals surface area contributed by atoms with E-state index in [9.17, 15) is 9.59 Å². The number of esters is 1. The Morgan fingerprint density at radius 1 is 1.30 bits per heavy atom. The number of hydrogen-bond donors (Lipinski definition) is 1. The molecule has 0 fully saturated rings. The van der Waals surface area contributed by atoms with Gasteiger partial charge < -0.3 is 10.1 Å². The number of nitrogens with one attached hydrogen (secondary N) is 1. The van der Waals surface area contributed by atoms with E-state index in [-0.39, 0.29) is 18.2 Å². The Balaban J connectivity index is 2.58. The van der Waals surface area contributed by atoms with Gasteiger partial charge in [0.2, 0.25) is 5.91 Å². The maximum Gasteiger partial charge on any atom is 0.359 e. The van der Waals surface area contributed by atoms with Crippen LogP contribution in [0.25, 0.3) is 10.9 Å². The molecule has 0 unspecified atom stereocenters. The molecule has 0 radical (unpaired) electrons. The van der Waals surface area contributed by atoms with Crippen molar-refractivity contribution in [2.75, 3.05) is 11.9 Å². The maximum atomic E-state index is 12.3. The zero-order chi connectivity index (χ0) is 17.2. The van der Waals surface area contributed by atoms with Gasteiger partial charge in [-0.2, -0.15) is 0 Å². The molecule has 0 atom stereocenters. The molecule has 1 aromatic heterocycles. The van der Waals surface area contributed by atoms with Gasteiger partial charge in [-0.15, -0.1) is 0 Å². The van der Waals surface area contributed by atoms with Crippen molar-refractivity contribution in [2.45, 2.75) is 27.7 Å².